The number of benzene rings is 1. The second-order valence-electron chi connectivity index (χ2n) is 5.64. The Morgan fingerprint density at radius 3 is 3.09 bits per heavy atom. The molecule has 122 valence electrons. The van der Waals surface area contributed by atoms with Gasteiger partial charge in [0, 0.05) is 31.8 Å². The van der Waals surface area contributed by atoms with Crippen LogP contribution in [-0.4, -0.2) is 50.7 Å². The fourth-order valence-corrected chi connectivity index (χ4v) is 2.98. The van der Waals surface area contributed by atoms with Gasteiger partial charge in [-0.15, -0.1) is 0 Å². The molecule has 1 atom stereocenters. The van der Waals surface area contributed by atoms with Crippen molar-refractivity contribution in [3.63, 3.8) is 0 Å². The van der Waals surface area contributed by atoms with Crippen molar-refractivity contribution in [1.29, 1.82) is 0 Å². The quantitative estimate of drug-likeness (QED) is 0.872. The van der Waals surface area contributed by atoms with Gasteiger partial charge in [0.2, 0.25) is 0 Å². The summed E-state index contributed by atoms with van der Waals surface area (Å²) in [6, 6.07) is 4.07. The van der Waals surface area contributed by atoms with Gasteiger partial charge < -0.3 is 15.0 Å². The molecule has 0 aromatic heterocycles. The number of hydrogen-bond acceptors (Lipinski definition) is 3. The Labute approximate surface area is 135 Å². The first kappa shape index (κ1) is 17.2. The van der Waals surface area contributed by atoms with E-state index in [1.165, 1.54) is 18.6 Å². The maximum Gasteiger partial charge on any atom is 0.254 e. The number of likely N-dealkylation sites (tertiary alicyclic amines) is 1. The number of rotatable bonds is 6. The van der Waals surface area contributed by atoms with Crippen molar-refractivity contribution in [2.24, 2.45) is 5.92 Å². The fourth-order valence-electron chi connectivity index (χ4n) is 2.82. The zero-order valence-corrected chi connectivity index (χ0v) is 13.5. The molecule has 4 nitrogen and oxygen atoms in total. The van der Waals surface area contributed by atoms with Gasteiger partial charge in [-0.05, 0) is 43.5 Å². The third-order valence-electron chi connectivity index (χ3n) is 3.89. The molecule has 1 aromatic rings. The Morgan fingerprint density at radius 2 is 2.36 bits per heavy atom. The van der Waals surface area contributed by atoms with E-state index >= 15 is 0 Å². The molecule has 0 spiro atoms. The highest BCUT2D eigenvalue weighted by atomic mass is 35.5. The van der Waals surface area contributed by atoms with Crippen molar-refractivity contribution >= 4 is 17.5 Å². The van der Waals surface area contributed by atoms with Gasteiger partial charge >= 0.3 is 0 Å². The summed E-state index contributed by atoms with van der Waals surface area (Å²) in [5, 5.41) is 3.04. The Kier molecular flexibility index (Phi) is 6.61. The van der Waals surface area contributed by atoms with Crippen LogP contribution in [0, 0.1) is 11.7 Å². The normalized spacial score (nSPS) is 19.1. The molecule has 1 aliphatic heterocycles. The topological polar surface area (TPSA) is 41.6 Å². The van der Waals surface area contributed by atoms with Crippen molar-refractivity contribution in [1.82, 2.24) is 10.2 Å². The molecule has 0 radical (unpaired) electrons. The lowest BCUT2D eigenvalue weighted by Gasteiger charge is -2.32. The van der Waals surface area contributed by atoms with Crippen LogP contribution in [0.4, 0.5) is 4.39 Å². The number of nitrogens with one attached hydrogen (secondary N) is 1. The largest absolute Gasteiger partial charge is 0.384 e. The molecule has 0 aliphatic carbocycles. The lowest BCUT2D eigenvalue weighted by atomic mass is 9.99. The van der Waals surface area contributed by atoms with Gasteiger partial charge in [-0.1, -0.05) is 11.6 Å². The molecule has 2 rings (SSSR count). The van der Waals surface area contributed by atoms with Crippen molar-refractivity contribution < 1.29 is 13.9 Å². The molecule has 1 saturated heterocycles. The van der Waals surface area contributed by atoms with E-state index in [4.69, 9.17) is 16.3 Å². The minimum absolute atomic E-state index is 0.0281. The number of halogens is 2. The van der Waals surface area contributed by atoms with Gasteiger partial charge in [0.1, 0.15) is 5.82 Å². The predicted octanol–water partition coefficient (Wildman–Crippen LogP) is 2.57. The molecule has 0 bridgehead atoms. The number of methoxy groups -OCH3 is 1. The van der Waals surface area contributed by atoms with Crippen molar-refractivity contribution in [2.75, 3.05) is 39.9 Å². The summed E-state index contributed by atoms with van der Waals surface area (Å²) in [5.74, 6) is -0.439. The zero-order chi connectivity index (χ0) is 15.9. The highest BCUT2D eigenvalue weighted by molar-refractivity contribution is 6.30. The minimum atomic E-state index is -0.594. The van der Waals surface area contributed by atoms with Crippen LogP contribution in [0.1, 0.15) is 23.2 Å². The maximum absolute atomic E-state index is 13.6. The van der Waals surface area contributed by atoms with Gasteiger partial charge in [-0.25, -0.2) is 4.39 Å². The molecule has 1 aromatic carbocycles. The second-order valence-corrected chi connectivity index (χ2v) is 6.08. The van der Waals surface area contributed by atoms with Crippen LogP contribution in [0.25, 0.3) is 0 Å². The first-order chi connectivity index (χ1) is 10.6. The van der Waals surface area contributed by atoms with Crippen LogP contribution in [-0.2, 0) is 4.74 Å². The molecule has 22 heavy (non-hydrogen) atoms. The number of piperidine rings is 1. The maximum atomic E-state index is 13.6. The Morgan fingerprint density at radius 1 is 1.55 bits per heavy atom. The number of nitrogens with zero attached hydrogens (tertiary/aromatic N) is 1. The van der Waals surface area contributed by atoms with Crippen LogP contribution >= 0.6 is 11.6 Å². The van der Waals surface area contributed by atoms with Crippen LogP contribution in [0.5, 0.6) is 0 Å². The van der Waals surface area contributed by atoms with Crippen LogP contribution in [0.2, 0.25) is 5.02 Å². The highest BCUT2D eigenvalue weighted by Gasteiger charge is 2.19. The van der Waals surface area contributed by atoms with E-state index in [1.54, 1.807) is 7.11 Å². The summed E-state index contributed by atoms with van der Waals surface area (Å²) in [6.07, 6.45) is 2.33. The third-order valence-corrected chi connectivity index (χ3v) is 4.13. The fraction of sp³-hybridized carbons (Fsp3) is 0.562. The van der Waals surface area contributed by atoms with E-state index < -0.39 is 11.7 Å². The minimum Gasteiger partial charge on any atom is -0.384 e. The molecular weight excluding hydrogens is 307 g/mol. The summed E-state index contributed by atoms with van der Waals surface area (Å²) in [5.41, 5.74) is 0.0281. The molecular formula is C16H22ClFN2O2. The van der Waals surface area contributed by atoms with E-state index in [1.807, 2.05) is 0 Å². The number of carbonyl (C=O) groups excluding carboxylic acids is 1. The summed E-state index contributed by atoms with van der Waals surface area (Å²) in [7, 11) is 1.72. The molecule has 1 amide bonds. The Balaban J connectivity index is 1.77. The van der Waals surface area contributed by atoms with E-state index in [0.29, 0.717) is 12.5 Å². The molecule has 1 heterocycles. The summed E-state index contributed by atoms with van der Waals surface area (Å²) >= 11 is 5.68. The first-order valence-electron chi connectivity index (χ1n) is 7.54. The van der Waals surface area contributed by atoms with E-state index in [9.17, 15) is 9.18 Å². The van der Waals surface area contributed by atoms with Crippen molar-refractivity contribution in [3.05, 3.63) is 34.6 Å². The SMILES string of the molecule is COC[C@@H]1CCCN(CCNC(=O)c2ccc(Cl)cc2F)C1. The van der Waals surface area contributed by atoms with Gasteiger partial charge in [-0.2, -0.15) is 0 Å². The van der Waals surface area contributed by atoms with Crippen LogP contribution in [0.15, 0.2) is 18.2 Å². The summed E-state index contributed by atoms with van der Waals surface area (Å²) in [6.45, 7) is 4.06. The average molecular weight is 329 g/mol. The summed E-state index contributed by atoms with van der Waals surface area (Å²) in [4.78, 5) is 14.3. The molecule has 1 fully saturated rings. The van der Waals surface area contributed by atoms with Gasteiger partial charge in [0.25, 0.3) is 5.91 Å². The van der Waals surface area contributed by atoms with Crippen LogP contribution < -0.4 is 5.32 Å². The zero-order valence-electron chi connectivity index (χ0n) is 12.8. The third kappa shape index (κ3) is 4.93. The van der Waals surface area contributed by atoms with Gasteiger partial charge in [0.15, 0.2) is 0 Å². The lowest BCUT2D eigenvalue weighted by molar-refractivity contribution is 0.0865. The molecule has 1 N–H and O–H groups in total. The molecule has 0 unspecified atom stereocenters. The molecule has 6 heteroatoms. The Hall–Kier alpha value is -1.17. The number of ether oxygens (including phenoxy) is 1. The van der Waals surface area contributed by atoms with E-state index in [2.05, 4.69) is 10.2 Å². The van der Waals surface area contributed by atoms with Crippen LogP contribution in [0.3, 0.4) is 0 Å². The number of amides is 1. The Bertz CT molecular complexity index is 511. The predicted molar refractivity (Wildman–Crippen MR) is 84.8 cm³/mol. The smallest absolute Gasteiger partial charge is 0.254 e. The van der Waals surface area contributed by atoms with E-state index in [-0.39, 0.29) is 10.6 Å². The van der Waals surface area contributed by atoms with E-state index in [0.717, 1.165) is 38.7 Å². The summed E-state index contributed by atoms with van der Waals surface area (Å²) < 4.78 is 18.9. The van der Waals surface area contributed by atoms with Gasteiger partial charge in [-0.3, -0.25) is 4.79 Å². The van der Waals surface area contributed by atoms with Crippen molar-refractivity contribution in [3.8, 4) is 0 Å². The standard InChI is InChI=1S/C16H22ClFN2O2/c1-22-11-12-3-2-7-20(10-12)8-6-19-16(21)14-5-4-13(17)9-15(14)18/h4-5,9,12H,2-3,6-8,10-11H2,1H3,(H,19,21)/t12-/m1/s1. The molecule has 1 aliphatic rings. The molecule has 0 saturated carbocycles. The lowest BCUT2D eigenvalue weighted by Crippen LogP contribution is -2.41. The van der Waals surface area contributed by atoms with Crippen molar-refractivity contribution in [2.45, 2.75) is 12.8 Å². The highest BCUT2D eigenvalue weighted by Crippen LogP contribution is 2.16. The second kappa shape index (κ2) is 8.46. The average Bonchev–Trinajstić information content (AvgIpc) is 2.48. The van der Waals surface area contributed by atoms with Gasteiger partial charge in [0.05, 0.1) is 12.2 Å². The number of carbonyl (C=O) groups is 1. The monoisotopic (exact) mass is 328 g/mol. The first-order valence-corrected chi connectivity index (χ1v) is 7.92. The number of hydrogen-bond donors (Lipinski definition) is 1.